The van der Waals surface area contributed by atoms with Crippen molar-refractivity contribution in [3.63, 3.8) is 0 Å². The smallest absolute Gasteiger partial charge is 0.244 e. The number of carbonyl (C=O) groups is 1. The highest BCUT2D eigenvalue weighted by molar-refractivity contribution is 14.0. The molecule has 0 saturated carbocycles. The Kier molecular flexibility index (Phi) is 7.76. The van der Waals surface area contributed by atoms with Crippen LogP contribution in [-0.4, -0.2) is 79.9 Å². The molecule has 2 fully saturated rings. The molecular weight excluding hydrogens is 443 g/mol. The molecule has 2 rings (SSSR count). The minimum Gasteiger partial charge on any atom is -0.357 e. The number of hydrogen-bond acceptors (Lipinski definition) is 4. The van der Waals surface area contributed by atoms with E-state index < -0.39 is 14.6 Å². The standard InChI is InChI=1S/C15H28N4O3S.HI/c1-4-16-14(17-11-13(20)18-7-5-6-8-18)19-9-10-23(21,22)15(2,3)12-19;/h4-12H2,1-3H3,(H,16,17);1H. The van der Waals surface area contributed by atoms with Gasteiger partial charge in [-0.2, -0.15) is 0 Å². The zero-order chi connectivity index (χ0) is 17.1. The Labute approximate surface area is 162 Å². The van der Waals surface area contributed by atoms with Crippen LogP contribution < -0.4 is 5.32 Å². The third-order valence-electron chi connectivity index (χ3n) is 4.50. The van der Waals surface area contributed by atoms with E-state index in [1.54, 1.807) is 13.8 Å². The SMILES string of the molecule is CCNC(=NCC(=O)N1CCCC1)N1CCS(=O)(=O)C(C)(C)C1.I. The molecule has 7 nitrogen and oxygen atoms in total. The summed E-state index contributed by atoms with van der Waals surface area (Å²) < 4.78 is 23.4. The summed E-state index contributed by atoms with van der Waals surface area (Å²) in [4.78, 5) is 20.4. The molecule has 140 valence electrons. The third kappa shape index (κ3) is 4.96. The van der Waals surface area contributed by atoms with E-state index in [0.717, 1.165) is 25.9 Å². The molecule has 0 spiro atoms. The first-order valence-corrected chi connectivity index (χ1v) is 9.95. The van der Waals surface area contributed by atoms with Crippen molar-refractivity contribution in [3.05, 3.63) is 0 Å². The van der Waals surface area contributed by atoms with Crippen LogP contribution in [0, 0.1) is 0 Å². The first-order chi connectivity index (χ1) is 10.8. The molecule has 0 radical (unpaired) electrons. The summed E-state index contributed by atoms with van der Waals surface area (Å²) >= 11 is 0. The zero-order valence-electron chi connectivity index (χ0n) is 14.7. The maximum atomic E-state index is 12.1. The van der Waals surface area contributed by atoms with Crippen molar-refractivity contribution in [2.45, 2.75) is 38.4 Å². The predicted octanol–water partition coefficient (Wildman–Crippen LogP) is 0.701. The third-order valence-corrected chi connectivity index (χ3v) is 7.03. The van der Waals surface area contributed by atoms with Crippen LogP contribution in [0.15, 0.2) is 4.99 Å². The Hall–Kier alpha value is -0.580. The van der Waals surface area contributed by atoms with Gasteiger partial charge in [0, 0.05) is 32.7 Å². The number of aliphatic imine (C=N–C) groups is 1. The monoisotopic (exact) mass is 472 g/mol. The van der Waals surface area contributed by atoms with Gasteiger partial charge in [-0.05, 0) is 33.6 Å². The molecule has 0 atom stereocenters. The maximum absolute atomic E-state index is 12.1. The summed E-state index contributed by atoms with van der Waals surface area (Å²) in [5, 5.41) is 3.17. The van der Waals surface area contributed by atoms with E-state index in [2.05, 4.69) is 10.3 Å². The second kappa shape index (κ2) is 8.68. The Bertz CT molecular complexity index is 571. The van der Waals surface area contributed by atoms with E-state index >= 15 is 0 Å². The molecule has 0 aliphatic carbocycles. The minimum atomic E-state index is -3.09. The lowest BCUT2D eigenvalue weighted by atomic mass is 10.2. The summed E-state index contributed by atoms with van der Waals surface area (Å²) in [5.41, 5.74) is 0. The first-order valence-electron chi connectivity index (χ1n) is 8.30. The highest BCUT2D eigenvalue weighted by Gasteiger charge is 2.41. The van der Waals surface area contributed by atoms with E-state index in [0.29, 0.717) is 25.6 Å². The molecule has 0 aromatic carbocycles. The van der Waals surface area contributed by atoms with E-state index in [9.17, 15) is 13.2 Å². The fourth-order valence-corrected chi connectivity index (χ4v) is 4.33. The molecule has 2 heterocycles. The van der Waals surface area contributed by atoms with Gasteiger partial charge < -0.3 is 15.1 Å². The average Bonchev–Trinajstić information content (AvgIpc) is 3.00. The molecule has 2 aliphatic heterocycles. The van der Waals surface area contributed by atoms with Crippen LogP contribution in [0.4, 0.5) is 0 Å². The lowest BCUT2D eigenvalue weighted by Crippen LogP contribution is -2.57. The molecule has 0 unspecified atom stereocenters. The van der Waals surface area contributed by atoms with Crippen LogP contribution in [0.25, 0.3) is 0 Å². The largest absolute Gasteiger partial charge is 0.357 e. The van der Waals surface area contributed by atoms with Gasteiger partial charge in [-0.15, -0.1) is 24.0 Å². The predicted molar refractivity (Wildman–Crippen MR) is 107 cm³/mol. The fraction of sp³-hybridized carbons (Fsp3) is 0.867. The molecule has 1 amide bonds. The van der Waals surface area contributed by atoms with Crippen LogP contribution in [0.1, 0.15) is 33.6 Å². The molecule has 9 heteroatoms. The van der Waals surface area contributed by atoms with Crippen LogP contribution in [0.5, 0.6) is 0 Å². The van der Waals surface area contributed by atoms with Crippen molar-refractivity contribution in [1.82, 2.24) is 15.1 Å². The number of likely N-dealkylation sites (tertiary alicyclic amines) is 1. The summed E-state index contributed by atoms with van der Waals surface area (Å²) in [6.45, 7) is 8.69. The van der Waals surface area contributed by atoms with Gasteiger partial charge in [0.1, 0.15) is 6.54 Å². The van der Waals surface area contributed by atoms with Gasteiger partial charge in [-0.1, -0.05) is 0 Å². The Morgan fingerprint density at radius 3 is 2.33 bits per heavy atom. The van der Waals surface area contributed by atoms with Crippen LogP contribution in [0.3, 0.4) is 0 Å². The molecule has 24 heavy (non-hydrogen) atoms. The molecule has 0 aromatic heterocycles. The van der Waals surface area contributed by atoms with Gasteiger partial charge >= 0.3 is 0 Å². The maximum Gasteiger partial charge on any atom is 0.244 e. The normalized spacial score (nSPS) is 22.9. The van der Waals surface area contributed by atoms with Crippen molar-refractivity contribution >= 4 is 45.7 Å². The first kappa shape index (κ1) is 21.5. The van der Waals surface area contributed by atoms with Crippen LogP contribution >= 0.6 is 24.0 Å². The topological polar surface area (TPSA) is 82.1 Å². The van der Waals surface area contributed by atoms with Gasteiger partial charge in [0.2, 0.25) is 5.91 Å². The second-order valence-electron chi connectivity index (χ2n) is 6.76. The number of amides is 1. The Balaban J connectivity index is 0.00000288. The van der Waals surface area contributed by atoms with Crippen molar-refractivity contribution < 1.29 is 13.2 Å². The lowest BCUT2D eigenvalue weighted by molar-refractivity contribution is -0.128. The summed E-state index contributed by atoms with van der Waals surface area (Å²) in [6, 6.07) is 0. The summed E-state index contributed by atoms with van der Waals surface area (Å²) in [5.74, 6) is 0.787. The van der Waals surface area contributed by atoms with Crippen molar-refractivity contribution in [3.8, 4) is 0 Å². The Morgan fingerprint density at radius 1 is 1.17 bits per heavy atom. The zero-order valence-corrected chi connectivity index (χ0v) is 17.9. The molecule has 1 N–H and O–H groups in total. The number of halogens is 1. The Morgan fingerprint density at radius 2 is 1.79 bits per heavy atom. The van der Waals surface area contributed by atoms with E-state index in [1.165, 1.54) is 0 Å². The highest BCUT2D eigenvalue weighted by atomic mass is 127. The number of nitrogens with zero attached hydrogens (tertiary/aromatic N) is 3. The van der Waals surface area contributed by atoms with Crippen molar-refractivity contribution in [2.24, 2.45) is 4.99 Å². The lowest BCUT2D eigenvalue weighted by Gasteiger charge is -2.39. The number of guanidine groups is 1. The number of nitrogens with one attached hydrogen (secondary N) is 1. The number of hydrogen-bond donors (Lipinski definition) is 1. The highest BCUT2D eigenvalue weighted by Crippen LogP contribution is 2.23. The molecule has 2 aliphatic rings. The molecule has 2 saturated heterocycles. The second-order valence-corrected chi connectivity index (χ2v) is 9.50. The van der Waals surface area contributed by atoms with Gasteiger partial charge in [0.05, 0.1) is 10.5 Å². The summed E-state index contributed by atoms with van der Waals surface area (Å²) in [7, 11) is -3.09. The average molecular weight is 472 g/mol. The van der Waals surface area contributed by atoms with E-state index in [4.69, 9.17) is 0 Å². The van der Waals surface area contributed by atoms with Gasteiger partial charge in [0.15, 0.2) is 15.8 Å². The number of sulfone groups is 1. The van der Waals surface area contributed by atoms with Crippen molar-refractivity contribution in [2.75, 3.05) is 45.0 Å². The van der Waals surface area contributed by atoms with Crippen molar-refractivity contribution in [1.29, 1.82) is 0 Å². The molecular formula is C15H29IN4O3S. The quantitative estimate of drug-likeness (QED) is 0.372. The molecule has 0 aromatic rings. The van der Waals surface area contributed by atoms with Crippen LogP contribution in [0.2, 0.25) is 0 Å². The van der Waals surface area contributed by atoms with Gasteiger partial charge in [-0.25, -0.2) is 13.4 Å². The van der Waals surface area contributed by atoms with Crippen LogP contribution in [-0.2, 0) is 14.6 Å². The summed E-state index contributed by atoms with van der Waals surface area (Å²) in [6.07, 6.45) is 2.13. The van der Waals surface area contributed by atoms with Gasteiger partial charge in [0.25, 0.3) is 0 Å². The fourth-order valence-electron chi connectivity index (χ4n) is 2.96. The van der Waals surface area contributed by atoms with E-state index in [1.807, 2.05) is 16.7 Å². The number of carbonyl (C=O) groups excluding carboxylic acids is 1. The minimum absolute atomic E-state index is 0. The van der Waals surface area contributed by atoms with Gasteiger partial charge in [-0.3, -0.25) is 4.79 Å². The van der Waals surface area contributed by atoms with E-state index in [-0.39, 0.29) is 42.2 Å². The molecule has 0 bridgehead atoms. The number of rotatable bonds is 3.